The highest BCUT2D eigenvalue weighted by molar-refractivity contribution is 5.74. The van der Waals surface area contributed by atoms with E-state index in [0.717, 1.165) is 55.1 Å². The molecule has 0 aromatic rings. The van der Waals surface area contributed by atoms with Crippen molar-refractivity contribution in [2.45, 2.75) is 117 Å². The summed E-state index contributed by atoms with van der Waals surface area (Å²) in [6, 6.07) is 0. The molecule has 0 heterocycles. The fourth-order valence-corrected chi connectivity index (χ4v) is 8.26. The quantitative estimate of drug-likeness (QED) is 0.0587. The lowest BCUT2D eigenvalue weighted by Crippen LogP contribution is -2.63. The maximum atomic E-state index is 12.4. The zero-order chi connectivity index (χ0) is 31.1. The van der Waals surface area contributed by atoms with Crippen LogP contribution in [0.15, 0.2) is 70.9 Å². The summed E-state index contributed by atoms with van der Waals surface area (Å²) in [5.74, 6) is -0.761. The van der Waals surface area contributed by atoms with Crippen molar-refractivity contribution in [2.75, 3.05) is 6.61 Å². The smallest absolute Gasteiger partial charge is 0.145 e. The first-order valence-electron chi connectivity index (χ1n) is 16.2. The standard InChI is InChI=1S/C37H56O5/c1-7-8-9-16-32(40)30(15-11-14-26(4)13-10-12-25(2)3)31-19-21-37(35(31)41)34-28(20-22-38)17-18-29(23-36(37,6)42)33(34)27(5)24-39/h11-12,14-15,17-18,24,28-29,31-32,34-35,38,40-42H,4,7-10,13,16,19-23H2,1-3,5-6H3/b14-11+,30-15+,33-27?/t28-,29-,31-,32+,34-,35+,36+,37+/m0/s1. The van der Waals surface area contributed by atoms with E-state index in [4.69, 9.17) is 0 Å². The van der Waals surface area contributed by atoms with Gasteiger partial charge in [0.1, 0.15) is 6.29 Å². The van der Waals surface area contributed by atoms with E-state index in [2.05, 4.69) is 45.6 Å². The molecule has 8 atom stereocenters. The van der Waals surface area contributed by atoms with E-state index < -0.39 is 23.2 Å². The van der Waals surface area contributed by atoms with Gasteiger partial charge in [0.15, 0.2) is 0 Å². The number of hydrogen-bond donors (Lipinski definition) is 4. The molecule has 3 rings (SSSR count). The van der Waals surface area contributed by atoms with E-state index in [1.54, 1.807) is 0 Å². The fraction of sp³-hybridized carbons (Fsp3) is 0.649. The first-order chi connectivity index (χ1) is 19.9. The number of fused-ring (bicyclic) bond motifs is 3. The number of allylic oxidation sites excluding steroid dienone is 10. The molecule has 0 aromatic carbocycles. The molecule has 1 spiro atoms. The molecule has 2 bridgehead atoms. The van der Waals surface area contributed by atoms with Crippen LogP contribution < -0.4 is 0 Å². The van der Waals surface area contributed by atoms with Gasteiger partial charge in [-0.15, -0.1) is 0 Å². The van der Waals surface area contributed by atoms with Crippen LogP contribution in [-0.2, 0) is 4.79 Å². The number of carbonyl (C=O) groups excluding carboxylic acids is 1. The molecule has 0 saturated heterocycles. The summed E-state index contributed by atoms with van der Waals surface area (Å²) in [6.45, 7) is 14.2. The van der Waals surface area contributed by atoms with Gasteiger partial charge in [-0.2, -0.15) is 0 Å². The Kier molecular flexibility index (Phi) is 12.4. The number of carbonyl (C=O) groups is 1. The SMILES string of the molecule is C=C(/C=C/C=C(/[C@H](O)CCCCC)[C@@H]1CC[C@]2([C@@H]1O)[C@@H]1C(=C(C)C=O)[C@@H](C=C[C@H]1CCO)C[C@@]2(C)O)CCC=C(C)C. The van der Waals surface area contributed by atoms with Crippen LogP contribution in [-0.4, -0.2) is 51.1 Å². The number of aldehydes is 1. The molecule has 2 fully saturated rings. The lowest BCUT2D eigenvalue weighted by Gasteiger charge is -2.60. The highest BCUT2D eigenvalue weighted by atomic mass is 16.3. The average molecular weight is 581 g/mol. The van der Waals surface area contributed by atoms with E-state index in [-0.39, 0.29) is 30.3 Å². The van der Waals surface area contributed by atoms with Crippen LogP contribution in [0.25, 0.3) is 0 Å². The summed E-state index contributed by atoms with van der Waals surface area (Å²) in [7, 11) is 0. The Labute approximate surface area is 254 Å². The zero-order valence-corrected chi connectivity index (χ0v) is 26.7. The molecule has 0 aliphatic heterocycles. The minimum Gasteiger partial charge on any atom is -0.396 e. The largest absolute Gasteiger partial charge is 0.396 e. The van der Waals surface area contributed by atoms with E-state index in [9.17, 15) is 25.2 Å². The number of hydrogen-bond acceptors (Lipinski definition) is 5. The number of unbranched alkanes of at least 4 members (excludes halogenated alkanes) is 2. The predicted octanol–water partition coefficient (Wildman–Crippen LogP) is 6.94. The first kappa shape index (κ1) is 34.4. The monoisotopic (exact) mass is 580 g/mol. The van der Waals surface area contributed by atoms with Gasteiger partial charge in [0, 0.05) is 23.9 Å². The zero-order valence-electron chi connectivity index (χ0n) is 26.7. The van der Waals surface area contributed by atoms with E-state index in [1.165, 1.54) is 5.57 Å². The molecule has 42 heavy (non-hydrogen) atoms. The number of aliphatic hydroxyl groups excluding tert-OH is 3. The highest BCUT2D eigenvalue weighted by Gasteiger charge is 2.67. The molecule has 4 N–H and O–H groups in total. The average Bonchev–Trinajstić information content (AvgIpc) is 3.28. The lowest BCUT2D eigenvalue weighted by molar-refractivity contribution is -0.182. The molecule has 0 amide bonds. The summed E-state index contributed by atoms with van der Waals surface area (Å²) in [5.41, 5.74) is 2.67. The van der Waals surface area contributed by atoms with Crippen LogP contribution >= 0.6 is 0 Å². The Morgan fingerprint density at radius 3 is 2.60 bits per heavy atom. The van der Waals surface area contributed by atoms with Crippen LogP contribution in [0.2, 0.25) is 0 Å². The minimum atomic E-state index is -1.19. The van der Waals surface area contributed by atoms with Gasteiger partial charge >= 0.3 is 0 Å². The summed E-state index contributed by atoms with van der Waals surface area (Å²) in [4.78, 5) is 12.1. The van der Waals surface area contributed by atoms with Gasteiger partial charge in [0.05, 0.1) is 17.8 Å². The Morgan fingerprint density at radius 2 is 1.95 bits per heavy atom. The van der Waals surface area contributed by atoms with Gasteiger partial charge < -0.3 is 20.4 Å². The molecule has 0 radical (unpaired) electrons. The highest BCUT2D eigenvalue weighted by Crippen LogP contribution is 2.66. The molecule has 0 aromatic heterocycles. The van der Waals surface area contributed by atoms with Crippen LogP contribution in [0, 0.1) is 29.1 Å². The Balaban J connectivity index is 2.03. The van der Waals surface area contributed by atoms with Gasteiger partial charge in [0.2, 0.25) is 0 Å². The van der Waals surface area contributed by atoms with Crippen molar-refractivity contribution in [3.8, 4) is 0 Å². The Morgan fingerprint density at radius 1 is 1.21 bits per heavy atom. The van der Waals surface area contributed by atoms with Crippen LogP contribution in [0.5, 0.6) is 0 Å². The second-order valence-corrected chi connectivity index (χ2v) is 13.5. The van der Waals surface area contributed by atoms with Crippen molar-refractivity contribution in [3.63, 3.8) is 0 Å². The van der Waals surface area contributed by atoms with Crippen LogP contribution in [0.3, 0.4) is 0 Å². The molecular formula is C37H56O5. The number of aliphatic hydroxyl groups is 4. The van der Waals surface area contributed by atoms with Crippen molar-refractivity contribution in [1.29, 1.82) is 0 Å². The third kappa shape index (κ3) is 7.18. The molecule has 234 valence electrons. The normalized spacial score (nSPS) is 34.6. The molecule has 0 unspecified atom stereocenters. The van der Waals surface area contributed by atoms with Crippen molar-refractivity contribution in [2.24, 2.45) is 29.1 Å². The van der Waals surface area contributed by atoms with Crippen LogP contribution in [0.1, 0.15) is 98.8 Å². The maximum absolute atomic E-state index is 12.4. The minimum absolute atomic E-state index is 0.00900. The van der Waals surface area contributed by atoms with Crippen molar-refractivity contribution < 1.29 is 25.2 Å². The Bertz CT molecular complexity index is 1100. The molecule has 3 aliphatic rings. The molecule has 5 heteroatoms. The van der Waals surface area contributed by atoms with Gasteiger partial charge in [-0.05, 0) is 95.6 Å². The summed E-state index contributed by atoms with van der Waals surface area (Å²) in [5, 5.41) is 46.0. The van der Waals surface area contributed by atoms with Gasteiger partial charge in [-0.25, -0.2) is 0 Å². The van der Waals surface area contributed by atoms with Gasteiger partial charge in [-0.3, -0.25) is 4.79 Å². The van der Waals surface area contributed by atoms with Crippen molar-refractivity contribution in [3.05, 3.63) is 70.9 Å². The van der Waals surface area contributed by atoms with Gasteiger partial charge in [0.25, 0.3) is 0 Å². The fourth-order valence-electron chi connectivity index (χ4n) is 8.26. The number of rotatable bonds is 14. The lowest BCUT2D eigenvalue weighted by atomic mass is 9.46. The summed E-state index contributed by atoms with van der Waals surface area (Å²) >= 11 is 0. The van der Waals surface area contributed by atoms with Crippen molar-refractivity contribution >= 4 is 6.29 Å². The first-order valence-corrected chi connectivity index (χ1v) is 16.2. The summed E-state index contributed by atoms with van der Waals surface area (Å²) < 4.78 is 0. The summed E-state index contributed by atoms with van der Waals surface area (Å²) in [6.07, 6.45) is 19.2. The topological polar surface area (TPSA) is 98.0 Å². The molecule has 3 aliphatic carbocycles. The molecular weight excluding hydrogens is 524 g/mol. The third-order valence-corrected chi connectivity index (χ3v) is 10.3. The Hall–Kier alpha value is -2.05. The van der Waals surface area contributed by atoms with E-state index >= 15 is 0 Å². The van der Waals surface area contributed by atoms with Crippen molar-refractivity contribution in [1.82, 2.24) is 0 Å². The third-order valence-electron chi connectivity index (χ3n) is 10.3. The predicted molar refractivity (Wildman–Crippen MR) is 172 cm³/mol. The second kappa shape index (κ2) is 15.1. The van der Waals surface area contributed by atoms with Crippen LogP contribution in [0.4, 0.5) is 0 Å². The van der Waals surface area contributed by atoms with Gasteiger partial charge in [-0.1, -0.05) is 85.9 Å². The van der Waals surface area contributed by atoms with E-state index in [1.807, 2.05) is 32.1 Å². The molecule has 2 saturated carbocycles. The maximum Gasteiger partial charge on any atom is 0.145 e. The second-order valence-electron chi connectivity index (χ2n) is 13.5. The molecule has 5 nitrogen and oxygen atoms in total. The van der Waals surface area contributed by atoms with E-state index in [0.29, 0.717) is 37.7 Å².